The van der Waals surface area contributed by atoms with E-state index in [0.717, 1.165) is 0 Å². The molecule has 1 aromatic heterocycles. The molecule has 0 spiro atoms. The van der Waals surface area contributed by atoms with Gasteiger partial charge in [0, 0.05) is 25.4 Å². The second-order valence-corrected chi connectivity index (χ2v) is 6.57. The summed E-state index contributed by atoms with van der Waals surface area (Å²) in [5.74, 6) is -0.0393. The molecule has 0 fully saturated rings. The Bertz CT molecular complexity index is 543. The van der Waals surface area contributed by atoms with Crippen molar-refractivity contribution in [3.05, 3.63) is 29.6 Å². The number of aromatic nitrogens is 1. The Morgan fingerprint density at radius 3 is 2.65 bits per heavy atom. The van der Waals surface area contributed by atoms with Gasteiger partial charge in [0.25, 0.3) is 0 Å². The van der Waals surface area contributed by atoms with Crippen LogP contribution < -0.4 is 0 Å². The lowest BCUT2D eigenvalue weighted by molar-refractivity contribution is 0.0219. The molecule has 0 aromatic carbocycles. The molecule has 0 N–H and O–H groups in total. The largest absolute Gasteiger partial charge is 0.444 e. The molecule has 23 heavy (non-hydrogen) atoms. The van der Waals surface area contributed by atoms with Crippen LogP contribution in [0.5, 0.6) is 0 Å². The van der Waals surface area contributed by atoms with Gasteiger partial charge in [-0.3, -0.25) is 9.78 Å². The highest BCUT2D eigenvalue weighted by Gasteiger charge is 2.19. The van der Waals surface area contributed by atoms with Gasteiger partial charge in [-0.2, -0.15) is 0 Å². The van der Waals surface area contributed by atoms with E-state index in [1.165, 1.54) is 4.90 Å². The number of rotatable bonds is 7. The Hall–Kier alpha value is -1.47. The van der Waals surface area contributed by atoms with Crippen molar-refractivity contribution in [2.24, 2.45) is 0 Å². The van der Waals surface area contributed by atoms with Crippen molar-refractivity contribution in [1.29, 1.82) is 0 Å². The fourth-order valence-electron chi connectivity index (χ4n) is 1.68. The first-order valence-electron chi connectivity index (χ1n) is 7.29. The fourth-order valence-corrected chi connectivity index (χ4v) is 1.98. The van der Waals surface area contributed by atoms with E-state index in [4.69, 9.17) is 9.47 Å². The molecular weight excluding hydrogens is 364 g/mol. The van der Waals surface area contributed by atoms with Crippen LogP contribution in [0.1, 0.15) is 36.8 Å². The number of nitrogens with zero attached hydrogens (tertiary/aromatic N) is 2. The van der Waals surface area contributed by atoms with E-state index >= 15 is 0 Å². The summed E-state index contributed by atoms with van der Waals surface area (Å²) in [5.41, 5.74) is 0.618. The third kappa shape index (κ3) is 7.09. The van der Waals surface area contributed by atoms with Crippen LogP contribution in [0.2, 0.25) is 0 Å². The minimum atomic E-state index is -0.523. The van der Waals surface area contributed by atoms with Crippen molar-refractivity contribution in [3.63, 3.8) is 0 Å². The Morgan fingerprint density at radius 2 is 2.04 bits per heavy atom. The van der Waals surface area contributed by atoms with Crippen LogP contribution in [-0.2, 0) is 16.1 Å². The van der Waals surface area contributed by atoms with Gasteiger partial charge in [0.1, 0.15) is 5.60 Å². The van der Waals surface area contributed by atoms with E-state index in [0.29, 0.717) is 24.4 Å². The number of pyridine rings is 1. The van der Waals surface area contributed by atoms with Gasteiger partial charge in [0.2, 0.25) is 0 Å². The summed E-state index contributed by atoms with van der Waals surface area (Å²) in [6, 6.07) is 3.44. The first kappa shape index (κ1) is 19.6. The zero-order valence-corrected chi connectivity index (χ0v) is 15.6. The topological polar surface area (TPSA) is 68.7 Å². The monoisotopic (exact) mass is 386 g/mol. The molecule has 0 radical (unpaired) electrons. The van der Waals surface area contributed by atoms with Crippen molar-refractivity contribution in [2.75, 3.05) is 25.5 Å². The van der Waals surface area contributed by atoms with Gasteiger partial charge in [-0.25, -0.2) is 4.79 Å². The van der Waals surface area contributed by atoms with Crippen LogP contribution in [0.3, 0.4) is 0 Å². The summed E-state index contributed by atoms with van der Waals surface area (Å²) in [5, 5.41) is 0.243. The molecule has 0 bridgehead atoms. The molecule has 0 unspecified atom stereocenters. The molecule has 128 valence electrons. The second-order valence-electron chi connectivity index (χ2n) is 6.01. The first-order chi connectivity index (χ1) is 10.7. The molecule has 1 amide bonds. The zero-order valence-electron chi connectivity index (χ0n) is 14.0. The maximum Gasteiger partial charge on any atom is 0.410 e. The number of alkyl halides is 1. The number of halogens is 1. The number of ketones is 1. The fraction of sp³-hybridized carbons (Fsp3) is 0.562. The lowest BCUT2D eigenvalue weighted by Gasteiger charge is -2.24. The summed E-state index contributed by atoms with van der Waals surface area (Å²) >= 11 is 3.15. The van der Waals surface area contributed by atoms with Gasteiger partial charge < -0.3 is 14.4 Å². The van der Waals surface area contributed by atoms with Gasteiger partial charge in [0.15, 0.2) is 5.78 Å². The molecular formula is C16H23BrN2O4. The molecule has 0 aliphatic carbocycles. The highest BCUT2D eigenvalue weighted by molar-refractivity contribution is 9.09. The number of ether oxygens (including phenoxy) is 2. The minimum absolute atomic E-state index is 0.0393. The van der Waals surface area contributed by atoms with Crippen LogP contribution >= 0.6 is 15.9 Å². The van der Waals surface area contributed by atoms with Crippen LogP contribution in [0.4, 0.5) is 4.79 Å². The highest BCUT2D eigenvalue weighted by Crippen LogP contribution is 2.10. The van der Waals surface area contributed by atoms with E-state index in [-0.39, 0.29) is 17.7 Å². The summed E-state index contributed by atoms with van der Waals surface area (Å²) in [4.78, 5) is 29.2. The summed E-state index contributed by atoms with van der Waals surface area (Å²) in [6.07, 6.45) is 1.23. The Balaban J connectivity index is 2.44. The maximum atomic E-state index is 11.8. The molecule has 0 aliphatic heterocycles. The van der Waals surface area contributed by atoms with Gasteiger partial charge in [0.05, 0.1) is 24.2 Å². The normalized spacial score (nSPS) is 11.2. The number of likely N-dealkylation sites (N-methyl/N-ethyl adjacent to an activating group) is 1. The van der Waals surface area contributed by atoms with Crippen molar-refractivity contribution >= 4 is 27.8 Å². The van der Waals surface area contributed by atoms with E-state index < -0.39 is 11.7 Å². The predicted octanol–water partition coefficient (Wildman–Crippen LogP) is 3.04. The van der Waals surface area contributed by atoms with Crippen LogP contribution in [-0.4, -0.2) is 52.9 Å². The number of carbonyl (C=O) groups is 2. The smallest absolute Gasteiger partial charge is 0.410 e. The van der Waals surface area contributed by atoms with E-state index in [9.17, 15) is 9.59 Å². The zero-order chi connectivity index (χ0) is 17.5. The third-order valence-electron chi connectivity index (χ3n) is 2.83. The summed E-state index contributed by atoms with van der Waals surface area (Å²) in [6.45, 7) is 6.39. The maximum absolute atomic E-state index is 11.8. The van der Waals surface area contributed by atoms with Gasteiger partial charge in [-0.05, 0) is 32.9 Å². The van der Waals surface area contributed by atoms with Crippen molar-refractivity contribution in [3.8, 4) is 0 Å². The lowest BCUT2D eigenvalue weighted by atomic mass is 10.1. The predicted molar refractivity (Wildman–Crippen MR) is 90.9 cm³/mol. The molecule has 6 nitrogen and oxygen atoms in total. The molecule has 7 heteroatoms. The SMILES string of the molecule is CN(CCOCc1ncccc1C(=O)CBr)C(=O)OC(C)(C)C. The van der Waals surface area contributed by atoms with E-state index in [2.05, 4.69) is 20.9 Å². The molecule has 1 aromatic rings. The standard InChI is InChI=1S/C16H23BrN2O4/c1-16(2,3)23-15(21)19(4)8-9-22-11-13-12(14(20)10-17)6-5-7-18-13/h5-7H,8-11H2,1-4H3. The Morgan fingerprint density at radius 1 is 1.35 bits per heavy atom. The van der Waals surface area contributed by atoms with E-state index in [1.54, 1.807) is 25.4 Å². The van der Waals surface area contributed by atoms with Crippen molar-refractivity contribution in [1.82, 2.24) is 9.88 Å². The van der Waals surface area contributed by atoms with Gasteiger partial charge in [-0.15, -0.1) is 0 Å². The second kappa shape index (κ2) is 8.98. The Labute approximate surface area is 145 Å². The van der Waals surface area contributed by atoms with Gasteiger partial charge in [-0.1, -0.05) is 15.9 Å². The average Bonchev–Trinajstić information content (AvgIpc) is 2.49. The molecule has 0 aliphatic rings. The highest BCUT2D eigenvalue weighted by atomic mass is 79.9. The first-order valence-corrected chi connectivity index (χ1v) is 8.41. The van der Waals surface area contributed by atoms with E-state index in [1.807, 2.05) is 20.8 Å². The van der Waals surface area contributed by atoms with Crippen molar-refractivity contribution < 1.29 is 19.1 Å². The Kier molecular flexibility index (Phi) is 7.64. The molecule has 1 rings (SSSR count). The average molecular weight is 387 g/mol. The number of hydrogen-bond acceptors (Lipinski definition) is 5. The summed E-state index contributed by atoms with van der Waals surface area (Å²) < 4.78 is 10.8. The quantitative estimate of drug-likeness (QED) is 0.409. The van der Waals surface area contributed by atoms with Crippen LogP contribution in [0.25, 0.3) is 0 Å². The van der Waals surface area contributed by atoms with Gasteiger partial charge >= 0.3 is 6.09 Å². The number of Topliss-reactive ketones (excluding diaryl/α,β-unsaturated/α-hetero) is 1. The van der Waals surface area contributed by atoms with Crippen molar-refractivity contribution in [2.45, 2.75) is 33.0 Å². The molecule has 1 heterocycles. The number of carbonyl (C=O) groups excluding carboxylic acids is 2. The summed E-state index contributed by atoms with van der Waals surface area (Å²) in [7, 11) is 1.65. The number of hydrogen-bond donors (Lipinski definition) is 0. The molecule has 0 saturated heterocycles. The lowest BCUT2D eigenvalue weighted by Crippen LogP contribution is -2.36. The third-order valence-corrected chi connectivity index (χ3v) is 3.34. The van der Waals surface area contributed by atoms with Crippen LogP contribution in [0, 0.1) is 0 Å². The van der Waals surface area contributed by atoms with Crippen LogP contribution in [0.15, 0.2) is 18.3 Å². The molecule has 0 atom stereocenters. The molecule has 0 saturated carbocycles. The number of amides is 1. The minimum Gasteiger partial charge on any atom is -0.444 e.